The molecule has 0 heterocycles. The summed E-state index contributed by atoms with van der Waals surface area (Å²) >= 11 is 0. The second kappa shape index (κ2) is 9.47. The quantitative estimate of drug-likeness (QED) is 0.446. The van der Waals surface area contributed by atoms with Crippen LogP contribution in [-0.2, 0) is 14.9 Å². The van der Waals surface area contributed by atoms with Crippen LogP contribution in [0.2, 0.25) is 0 Å². The number of carbonyl (C=O) groups is 1. The Labute approximate surface area is 110 Å². The van der Waals surface area contributed by atoms with Crippen molar-refractivity contribution >= 4 is 15.9 Å². The van der Waals surface area contributed by atoms with Crippen molar-refractivity contribution in [3.05, 3.63) is 0 Å². The van der Waals surface area contributed by atoms with E-state index in [4.69, 9.17) is 10.3 Å². The Morgan fingerprint density at radius 1 is 1.11 bits per heavy atom. The molecule has 0 fully saturated rings. The summed E-state index contributed by atoms with van der Waals surface area (Å²) in [5.41, 5.74) is 5.18. The second-order valence-electron chi connectivity index (χ2n) is 4.67. The van der Waals surface area contributed by atoms with E-state index in [9.17, 15) is 13.2 Å². The predicted octanol–water partition coefficient (Wildman–Crippen LogP) is 2.26. The van der Waals surface area contributed by atoms with E-state index in [1.807, 2.05) is 0 Å². The third-order valence-electron chi connectivity index (χ3n) is 2.87. The van der Waals surface area contributed by atoms with Crippen LogP contribution in [0.4, 0.5) is 0 Å². The average Bonchev–Trinajstić information content (AvgIpc) is 2.26. The predicted molar refractivity (Wildman–Crippen MR) is 71.8 cm³/mol. The topological polar surface area (TPSA) is 97.5 Å². The molecular weight excluding hydrogens is 254 g/mol. The molecule has 0 radical (unpaired) electrons. The van der Waals surface area contributed by atoms with Gasteiger partial charge in [0, 0.05) is 12.8 Å². The van der Waals surface area contributed by atoms with Crippen molar-refractivity contribution in [2.75, 3.05) is 0 Å². The molecule has 0 aromatic rings. The summed E-state index contributed by atoms with van der Waals surface area (Å²) in [6, 6.07) is 0. The normalized spacial score (nSPS) is 13.5. The summed E-state index contributed by atoms with van der Waals surface area (Å²) < 4.78 is 29.9. The van der Waals surface area contributed by atoms with Crippen molar-refractivity contribution in [1.82, 2.24) is 0 Å². The molecule has 0 amide bonds. The number of nitrogens with two attached hydrogens (primary N) is 1. The largest absolute Gasteiger partial charge is 0.313 e. The van der Waals surface area contributed by atoms with Crippen LogP contribution in [0.3, 0.4) is 0 Å². The van der Waals surface area contributed by atoms with E-state index in [0.29, 0.717) is 6.42 Å². The summed E-state index contributed by atoms with van der Waals surface area (Å²) in [6.07, 6.45) is 7.79. The summed E-state index contributed by atoms with van der Waals surface area (Å²) in [4.78, 5) is 11.4. The molecule has 0 aliphatic carbocycles. The highest BCUT2D eigenvalue weighted by Crippen LogP contribution is 2.10. The fourth-order valence-electron chi connectivity index (χ4n) is 1.71. The Bertz CT molecular complexity index is 327. The first-order chi connectivity index (χ1) is 8.38. The fraction of sp³-hybridized carbons (Fsp3) is 0.917. The van der Waals surface area contributed by atoms with Gasteiger partial charge in [-0.2, -0.15) is 8.42 Å². The van der Waals surface area contributed by atoms with Gasteiger partial charge >= 0.3 is 0 Å². The van der Waals surface area contributed by atoms with Crippen molar-refractivity contribution in [3.63, 3.8) is 0 Å². The molecule has 0 saturated carbocycles. The molecule has 0 aliphatic rings. The summed E-state index contributed by atoms with van der Waals surface area (Å²) in [5.74, 6) is -0.200. The van der Waals surface area contributed by atoms with E-state index in [1.165, 1.54) is 25.7 Å². The minimum atomic E-state index is -4.29. The Morgan fingerprint density at radius 2 is 1.61 bits per heavy atom. The molecule has 5 nitrogen and oxygen atoms in total. The number of hydrogen-bond donors (Lipinski definition) is 2. The van der Waals surface area contributed by atoms with Gasteiger partial charge in [-0.05, 0) is 6.42 Å². The Morgan fingerprint density at radius 3 is 2.11 bits per heavy atom. The molecule has 108 valence electrons. The maximum absolute atomic E-state index is 11.4. The van der Waals surface area contributed by atoms with Crippen LogP contribution in [-0.4, -0.2) is 24.1 Å². The zero-order valence-electron chi connectivity index (χ0n) is 11.1. The minimum absolute atomic E-state index is 0.200. The van der Waals surface area contributed by atoms with E-state index >= 15 is 0 Å². The number of ketones is 1. The molecule has 0 rings (SSSR count). The molecule has 0 bridgehead atoms. The first kappa shape index (κ1) is 17.5. The molecular formula is C12H25NO4S. The lowest BCUT2D eigenvalue weighted by atomic mass is 10.1. The first-order valence-corrected chi connectivity index (χ1v) is 8.11. The van der Waals surface area contributed by atoms with Gasteiger partial charge in [-0.15, -0.1) is 0 Å². The van der Waals surface area contributed by atoms with Gasteiger partial charge in [-0.25, -0.2) is 0 Å². The average molecular weight is 279 g/mol. The molecule has 1 unspecified atom stereocenters. The fourth-order valence-corrected chi connectivity index (χ4v) is 2.11. The van der Waals surface area contributed by atoms with Crippen molar-refractivity contribution in [3.8, 4) is 0 Å². The van der Waals surface area contributed by atoms with Crippen LogP contribution in [0, 0.1) is 0 Å². The lowest BCUT2D eigenvalue weighted by Crippen LogP contribution is -2.32. The molecule has 1 atom stereocenters. The van der Waals surface area contributed by atoms with Crippen molar-refractivity contribution in [2.45, 2.75) is 70.1 Å². The minimum Gasteiger partial charge on any atom is -0.313 e. The van der Waals surface area contributed by atoms with Crippen molar-refractivity contribution in [1.29, 1.82) is 0 Å². The third-order valence-corrected chi connectivity index (χ3v) is 3.80. The van der Waals surface area contributed by atoms with E-state index in [1.54, 1.807) is 0 Å². The highest BCUT2D eigenvalue weighted by atomic mass is 32.2. The number of carbonyl (C=O) groups excluding carboxylic acids is 1. The SMILES string of the molecule is CCCCCCCCCC(=O)CC(N)S(=O)(=O)O. The lowest BCUT2D eigenvalue weighted by Gasteiger charge is -2.07. The molecule has 0 spiro atoms. The van der Waals surface area contributed by atoms with Gasteiger partial charge in [-0.3, -0.25) is 9.35 Å². The van der Waals surface area contributed by atoms with Gasteiger partial charge < -0.3 is 5.73 Å². The molecule has 0 aromatic carbocycles. The maximum Gasteiger partial charge on any atom is 0.281 e. The number of rotatable bonds is 11. The van der Waals surface area contributed by atoms with E-state index in [0.717, 1.165) is 19.3 Å². The lowest BCUT2D eigenvalue weighted by molar-refractivity contribution is -0.119. The van der Waals surface area contributed by atoms with E-state index in [2.05, 4.69) is 6.92 Å². The summed E-state index contributed by atoms with van der Waals surface area (Å²) in [6.45, 7) is 2.16. The molecule has 6 heteroatoms. The first-order valence-electron chi connectivity index (χ1n) is 6.61. The Balaban J connectivity index is 3.54. The van der Waals surface area contributed by atoms with Crippen molar-refractivity contribution in [2.24, 2.45) is 5.73 Å². The summed E-state index contributed by atoms with van der Waals surface area (Å²) in [5, 5.41) is -1.48. The maximum atomic E-state index is 11.4. The van der Waals surface area contributed by atoms with E-state index < -0.39 is 15.5 Å². The molecule has 0 saturated heterocycles. The van der Waals surface area contributed by atoms with Crippen molar-refractivity contribution < 1.29 is 17.8 Å². The standard InChI is InChI=1S/C12H25NO4S/c1-2-3-4-5-6-7-8-9-11(14)10-12(13)18(15,16)17/h12H,2-10,13H2,1H3,(H,15,16,17). The Hall–Kier alpha value is -0.460. The monoisotopic (exact) mass is 279 g/mol. The zero-order chi connectivity index (χ0) is 14.0. The molecule has 0 aliphatic heterocycles. The van der Waals surface area contributed by atoms with Gasteiger partial charge in [0.2, 0.25) is 0 Å². The Kier molecular flexibility index (Phi) is 9.23. The molecule has 0 aromatic heterocycles. The van der Waals surface area contributed by atoms with Crippen LogP contribution in [0.5, 0.6) is 0 Å². The number of hydrogen-bond acceptors (Lipinski definition) is 4. The number of Topliss-reactive ketones (excluding diaryl/α,β-unsaturated/α-hetero) is 1. The van der Waals surface area contributed by atoms with Crippen LogP contribution >= 0.6 is 0 Å². The van der Waals surface area contributed by atoms with Gasteiger partial charge in [0.05, 0.1) is 0 Å². The van der Waals surface area contributed by atoms with Gasteiger partial charge in [-0.1, -0.05) is 45.4 Å². The van der Waals surface area contributed by atoms with Crippen LogP contribution in [0.25, 0.3) is 0 Å². The van der Waals surface area contributed by atoms with Crippen LogP contribution < -0.4 is 5.73 Å². The van der Waals surface area contributed by atoms with E-state index in [-0.39, 0.29) is 12.2 Å². The number of unbranched alkanes of at least 4 members (excludes halogenated alkanes) is 6. The third kappa shape index (κ3) is 9.56. The zero-order valence-corrected chi connectivity index (χ0v) is 11.9. The van der Waals surface area contributed by atoms with Gasteiger partial charge in [0.25, 0.3) is 10.1 Å². The molecule has 18 heavy (non-hydrogen) atoms. The highest BCUT2D eigenvalue weighted by Gasteiger charge is 2.20. The van der Waals surface area contributed by atoms with Gasteiger partial charge in [0.15, 0.2) is 0 Å². The molecule has 3 N–H and O–H groups in total. The van der Waals surface area contributed by atoms with Gasteiger partial charge in [0.1, 0.15) is 11.2 Å². The smallest absolute Gasteiger partial charge is 0.281 e. The van der Waals surface area contributed by atoms with Crippen LogP contribution in [0.15, 0.2) is 0 Å². The van der Waals surface area contributed by atoms with Crippen LogP contribution in [0.1, 0.15) is 64.7 Å². The second-order valence-corrected chi connectivity index (χ2v) is 6.30. The highest BCUT2D eigenvalue weighted by molar-refractivity contribution is 7.86. The summed E-state index contributed by atoms with van der Waals surface area (Å²) in [7, 11) is -4.29.